The van der Waals surface area contributed by atoms with Crippen LogP contribution in [-0.4, -0.2) is 0 Å². The van der Waals surface area contributed by atoms with Crippen LogP contribution in [0.1, 0.15) is 25.0 Å². The zero-order valence-corrected chi connectivity index (χ0v) is 40.6. The zero-order chi connectivity index (χ0) is 48.4. The molecule has 0 bridgehead atoms. The van der Waals surface area contributed by atoms with Crippen LogP contribution in [0, 0.1) is 0 Å². The van der Waals surface area contributed by atoms with Crippen LogP contribution >= 0.6 is 0 Å². The molecule has 0 unspecified atom stereocenters. The Bertz CT molecular complexity index is 4120. The molecule has 1 aliphatic rings. The molecule has 2 heteroatoms. The first kappa shape index (κ1) is 41.5. The quantitative estimate of drug-likeness (QED) is 0.140. The Kier molecular flexibility index (Phi) is 9.04. The molecule has 0 fully saturated rings. The van der Waals surface area contributed by atoms with E-state index < -0.39 is 0 Å². The van der Waals surface area contributed by atoms with Crippen LogP contribution in [0.2, 0.25) is 0 Å². The molecule has 0 amide bonds. The molecule has 0 radical (unpaired) electrons. The van der Waals surface area contributed by atoms with Gasteiger partial charge < -0.3 is 9.80 Å². The van der Waals surface area contributed by atoms with E-state index in [2.05, 4.69) is 278 Å². The number of hydrogen-bond acceptors (Lipinski definition) is 2. The van der Waals surface area contributed by atoms with Crippen molar-refractivity contribution in [3.8, 4) is 33.4 Å². The standard InChI is InChI=1S/C71H48N2/c1-71(2)63-43-57(72(55-31-23-47(24-32-55)45-11-5-3-6-12-45)65-41-29-53-21-19-49-15-9-17-51-27-37-61(65)69(53)67(49)51)35-39-59(63)60-40-36-58(44-64(60)71)73(56-33-25-48(26-34-56)46-13-7-4-8-14-46)66-42-30-54-22-20-50-16-10-18-52-28-38-62(66)70(54)68(50)52/h3-44H,1-2H3. The first-order valence-corrected chi connectivity index (χ1v) is 25.5. The second-order valence-electron chi connectivity index (χ2n) is 20.5. The summed E-state index contributed by atoms with van der Waals surface area (Å²) in [6.07, 6.45) is 0. The Morgan fingerprint density at radius 3 is 0.986 bits per heavy atom. The summed E-state index contributed by atoms with van der Waals surface area (Å²) in [6.45, 7) is 4.82. The molecule has 15 rings (SSSR count). The van der Waals surface area contributed by atoms with Gasteiger partial charge in [-0.25, -0.2) is 0 Å². The van der Waals surface area contributed by atoms with Gasteiger partial charge in [0.15, 0.2) is 0 Å². The Morgan fingerprint density at radius 1 is 0.260 bits per heavy atom. The van der Waals surface area contributed by atoms with E-state index in [1.165, 1.54) is 109 Å². The van der Waals surface area contributed by atoms with E-state index >= 15 is 0 Å². The van der Waals surface area contributed by atoms with Crippen molar-refractivity contribution in [1.82, 2.24) is 0 Å². The SMILES string of the molecule is CC1(C)c2cc(N(c3ccc(-c4ccccc4)cc3)c3ccc4ccc5cccc6ccc3c4c56)ccc2-c2ccc(N(c3ccc(-c4ccccc4)cc3)c3ccc4ccc5cccc6ccc3c4c56)cc21. The van der Waals surface area contributed by atoms with Gasteiger partial charge in [0.25, 0.3) is 0 Å². The van der Waals surface area contributed by atoms with Crippen molar-refractivity contribution in [2.24, 2.45) is 0 Å². The molecule has 73 heavy (non-hydrogen) atoms. The highest BCUT2D eigenvalue weighted by Gasteiger charge is 2.37. The fraction of sp³-hybridized carbons (Fsp3) is 0.0423. The lowest BCUT2D eigenvalue weighted by atomic mass is 9.82. The molecular formula is C71H48N2. The van der Waals surface area contributed by atoms with E-state index in [0.29, 0.717) is 0 Å². The number of benzene rings is 14. The molecule has 14 aromatic carbocycles. The van der Waals surface area contributed by atoms with Crippen LogP contribution in [0.4, 0.5) is 34.1 Å². The first-order chi connectivity index (χ1) is 35.9. The van der Waals surface area contributed by atoms with E-state index in [1.807, 2.05) is 0 Å². The Morgan fingerprint density at radius 2 is 0.589 bits per heavy atom. The fourth-order valence-electron chi connectivity index (χ4n) is 12.5. The Hall–Kier alpha value is -9.24. The van der Waals surface area contributed by atoms with Crippen molar-refractivity contribution in [2.45, 2.75) is 19.3 Å². The van der Waals surface area contributed by atoms with Gasteiger partial charge in [-0.1, -0.05) is 208 Å². The summed E-state index contributed by atoms with van der Waals surface area (Å²) in [6, 6.07) is 94.9. The highest BCUT2D eigenvalue weighted by molar-refractivity contribution is 6.27. The minimum Gasteiger partial charge on any atom is -0.310 e. The van der Waals surface area contributed by atoms with Crippen LogP contribution in [0.15, 0.2) is 255 Å². The fourth-order valence-corrected chi connectivity index (χ4v) is 12.5. The van der Waals surface area contributed by atoms with Crippen LogP contribution in [-0.2, 0) is 5.41 Å². The number of rotatable bonds is 8. The molecule has 14 aromatic rings. The summed E-state index contributed by atoms with van der Waals surface area (Å²) in [7, 11) is 0. The average Bonchev–Trinajstić information content (AvgIpc) is 3.69. The maximum absolute atomic E-state index is 2.49. The number of nitrogens with zero attached hydrogens (tertiary/aromatic N) is 2. The Labute approximate surface area is 424 Å². The lowest BCUT2D eigenvalue weighted by molar-refractivity contribution is 0.660. The largest absolute Gasteiger partial charge is 0.310 e. The Balaban J connectivity index is 0.888. The van der Waals surface area contributed by atoms with Crippen molar-refractivity contribution >= 4 is 98.8 Å². The van der Waals surface area contributed by atoms with E-state index in [0.717, 1.165) is 34.1 Å². The molecule has 0 heterocycles. The number of anilines is 6. The van der Waals surface area contributed by atoms with Gasteiger partial charge in [-0.15, -0.1) is 0 Å². The third-order valence-electron chi connectivity index (χ3n) is 16.1. The summed E-state index contributed by atoms with van der Waals surface area (Å²) in [4.78, 5) is 4.97. The highest BCUT2D eigenvalue weighted by atomic mass is 15.1. The second-order valence-corrected chi connectivity index (χ2v) is 20.5. The van der Waals surface area contributed by atoms with Gasteiger partial charge in [-0.05, 0) is 159 Å². The summed E-state index contributed by atoms with van der Waals surface area (Å²) in [5.74, 6) is 0. The molecule has 342 valence electrons. The van der Waals surface area contributed by atoms with E-state index in [1.54, 1.807) is 0 Å². The van der Waals surface area contributed by atoms with Crippen LogP contribution in [0.5, 0.6) is 0 Å². The lowest BCUT2D eigenvalue weighted by Gasteiger charge is -2.30. The average molecular weight is 929 g/mol. The molecule has 1 aliphatic carbocycles. The van der Waals surface area contributed by atoms with Gasteiger partial charge in [-0.2, -0.15) is 0 Å². The topological polar surface area (TPSA) is 6.48 Å². The van der Waals surface area contributed by atoms with Gasteiger partial charge in [0.2, 0.25) is 0 Å². The van der Waals surface area contributed by atoms with Crippen molar-refractivity contribution < 1.29 is 0 Å². The maximum atomic E-state index is 2.49. The van der Waals surface area contributed by atoms with Crippen LogP contribution < -0.4 is 9.80 Å². The molecule has 0 aromatic heterocycles. The summed E-state index contributed by atoms with van der Waals surface area (Å²) in [5, 5.41) is 15.3. The van der Waals surface area contributed by atoms with Gasteiger partial charge in [-0.3, -0.25) is 0 Å². The van der Waals surface area contributed by atoms with E-state index in [9.17, 15) is 0 Å². The molecule has 0 atom stereocenters. The lowest BCUT2D eigenvalue weighted by Crippen LogP contribution is -2.18. The molecule has 0 saturated heterocycles. The molecule has 0 aliphatic heterocycles. The van der Waals surface area contributed by atoms with E-state index in [4.69, 9.17) is 0 Å². The normalized spacial score (nSPS) is 12.9. The van der Waals surface area contributed by atoms with E-state index in [-0.39, 0.29) is 5.41 Å². The zero-order valence-electron chi connectivity index (χ0n) is 40.6. The van der Waals surface area contributed by atoms with Crippen LogP contribution in [0.25, 0.3) is 98.0 Å². The maximum Gasteiger partial charge on any atom is 0.0540 e. The van der Waals surface area contributed by atoms with Gasteiger partial charge in [0.05, 0.1) is 11.4 Å². The van der Waals surface area contributed by atoms with Crippen molar-refractivity contribution in [3.05, 3.63) is 266 Å². The minimum absolute atomic E-state index is 0.312. The summed E-state index contributed by atoms with van der Waals surface area (Å²) in [5.41, 5.74) is 16.5. The number of hydrogen-bond donors (Lipinski definition) is 0. The third kappa shape index (κ3) is 6.37. The van der Waals surface area contributed by atoms with Gasteiger partial charge >= 0.3 is 0 Å². The third-order valence-corrected chi connectivity index (χ3v) is 16.1. The summed E-state index contributed by atoms with van der Waals surface area (Å²) >= 11 is 0. The highest BCUT2D eigenvalue weighted by Crippen LogP contribution is 2.54. The second kappa shape index (κ2) is 15.9. The molecule has 0 spiro atoms. The smallest absolute Gasteiger partial charge is 0.0540 e. The molecule has 0 saturated carbocycles. The van der Waals surface area contributed by atoms with Crippen molar-refractivity contribution in [3.63, 3.8) is 0 Å². The van der Waals surface area contributed by atoms with Gasteiger partial charge in [0, 0.05) is 38.9 Å². The monoisotopic (exact) mass is 928 g/mol. The summed E-state index contributed by atoms with van der Waals surface area (Å²) < 4.78 is 0. The molecule has 0 N–H and O–H groups in total. The van der Waals surface area contributed by atoms with Crippen LogP contribution in [0.3, 0.4) is 0 Å². The van der Waals surface area contributed by atoms with Gasteiger partial charge in [0.1, 0.15) is 0 Å². The predicted octanol–water partition coefficient (Wildman–Crippen LogP) is 20.1. The first-order valence-electron chi connectivity index (χ1n) is 25.5. The van der Waals surface area contributed by atoms with Crippen molar-refractivity contribution in [1.29, 1.82) is 0 Å². The predicted molar refractivity (Wildman–Crippen MR) is 312 cm³/mol. The molecule has 2 nitrogen and oxygen atoms in total. The molecular weight excluding hydrogens is 881 g/mol. The number of fused-ring (bicyclic) bond motifs is 3. The minimum atomic E-state index is -0.312. The van der Waals surface area contributed by atoms with Crippen molar-refractivity contribution in [2.75, 3.05) is 9.80 Å².